The van der Waals surface area contributed by atoms with E-state index in [1.54, 1.807) is 27.7 Å². The van der Waals surface area contributed by atoms with Gasteiger partial charge in [-0.3, -0.25) is 14.4 Å². The number of carbonyl (C=O) groups excluding carboxylic acids is 3. The zero-order chi connectivity index (χ0) is 18.1. The average molecular weight is 336 g/mol. The van der Waals surface area contributed by atoms with Crippen molar-refractivity contribution in [3.05, 3.63) is 35.6 Å². The number of rotatable bonds is 5. The van der Waals surface area contributed by atoms with Crippen LogP contribution in [0.2, 0.25) is 0 Å². The van der Waals surface area contributed by atoms with Gasteiger partial charge in [-0.05, 0) is 45.0 Å². The molecule has 130 valence electrons. The first-order valence-electron chi connectivity index (χ1n) is 7.88. The lowest BCUT2D eigenvalue weighted by Crippen LogP contribution is -2.41. The van der Waals surface area contributed by atoms with Gasteiger partial charge in [-0.2, -0.15) is 0 Å². The summed E-state index contributed by atoms with van der Waals surface area (Å²) in [5.41, 5.74) is -0.662. The monoisotopic (exact) mass is 336 g/mol. The molecule has 1 saturated heterocycles. The summed E-state index contributed by atoms with van der Waals surface area (Å²) in [7, 11) is 0. The van der Waals surface area contributed by atoms with E-state index in [9.17, 15) is 18.8 Å². The summed E-state index contributed by atoms with van der Waals surface area (Å²) < 4.78 is 23.3. The highest BCUT2D eigenvalue weighted by molar-refractivity contribution is 6.01. The van der Waals surface area contributed by atoms with Crippen molar-refractivity contribution in [1.29, 1.82) is 0 Å². The second-order valence-electron chi connectivity index (χ2n) is 6.44. The minimum Gasteiger partial charge on any atom is -0.465 e. The van der Waals surface area contributed by atoms with Gasteiger partial charge < -0.3 is 9.47 Å². The molecule has 0 aliphatic carbocycles. The summed E-state index contributed by atoms with van der Waals surface area (Å²) in [6, 6.07) is 5.17. The minimum absolute atomic E-state index is 0.135. The van der Waals surface area contributed by atoms with E-state index in [1.165, 1.54) is 24.3 Å². The Labute approximate surface area is 140 Å². The number of ketones is 1. The molecule has 3 atom stereocenters. The van der Waals surface area contributed by atoms with Crippen molar-refractivity contribution >= 4 is 17.7 Å². The topological polar surface area (TPSA) is 69.7 Å². The van der Waals surface area contributed by atoms with E-state index in [0.717, 1.165) is 0 Å². The highest BCUT2D eigenvalue weighted by Crippen LogP contribution is 2.43. The van der Waals surface area contributed by atoms with Gasteiger partial charge in [-0.15, -0.1) is 0 Å². The molecule has 0 radical (unpaired) electrons. The molecule has 0 spiro atoms. The molecule has 1 aliphatic rings. The minimum atomic E-state index is -1.14. The molecule has 0 aromatic heterocycles. The van der Waals surface area contributed by atoms with Crippen molar-refractivity contribution in [3.63, 3.8) is 0 Å². The lowest BCUT2D eigenvalue weighted by atomic mass is 9.72. The molecule has 0 amide bonds. The summed E-state index contributed by atoms with van der Waals surface area (Å²) in [5, 5.41) is 0. The SMILES string of the molecule is CCOC(=O)[C@@H]1C(=O)OC(C)(C)[C@@H]1[C@H](C)C(=O)c1ccc(F)cc1. The molecule has 0 saturated carbocycles. The van der Waals surface area contributed by atoms with Crippen molar-refractivity contribution in [3.8, 4) is 0 Å². The number of ether oxygens (including phenoxy) is 2. The van der Waals surface area contributed by atoms with Crippen LogP contribution < -0.4 is 0 Å². The molecule has 5 nitrogen and oxygen atoms in total. The molecule has 0 unspecified atom stereocenters. The van der Waals surface area contributed by atoms with Crippen molar-refractivity contribution < 1.29 is 28.2 Å². The van der Waals surface area contributed by atoms with E-state index in [-0.39, 0.29) is 12.4 Å². The molecule has 1 heterocycles. The van der Waals surface area contributed by atoms with Gasteiger partial charge in [-0.25, -0.2) is 4.39 Å². The number of benzene rings is 1. The maximum absolute atomic E-state index is 13.0. The van der Waals surface area contributed by atoms with Crippen LogP contribution in [0.25, 0.3) is 0 Å². The molecule has 1 aromatic carbocycles. The van der Waals surface area contributed by atoms with Crippen LogP contribution in [0.15, 0.2) is 24.3 Å². The Balaban J connectivity index is 2.33. The van der Waals surface area contributed by atoms with Crippen LogP contribution in [0.4, 0.5) is 4.39 Å². The highest BCUT2D eigenvalue weighted by atomic mass is 19.1. The number of Topliss-reactive ketones (excluding diaryl/α,β-unsaturated/α-hetero) is 1. The predicted octanol–water partition coefficient (Wildman–Crippen LogP) is 2.78. The van der Waals surface area contributed by atoms with Gasteiger partial charge in [0.2, 0.25) is 0 Å². The number of carbonyl (C=O) groups is 3. The van der Waals surface area contributed by atoms with E-state index < -0.39 is 41.1 Å². The highest BCUT2D eigenvalue weighted by Gasteiger charge is 2.57. The van der Waals surface area contributed by atoms with Gasteiger partial charge in [0.05, 0.1) is 6.61 Å². The Bertz CT molecular complexity index is 650. The van der Waals surface area contributed by atoms with Gasteiger partial charge in [0.25, 0.3) is 0 Å². The maximum Gasteiger partial charge on any atom is 0.321 e. The van der Waals surface area contributed by atoms with E-state index >= 15 is 0 Å². The molecule has 0 N–H and O–H groups in total. The van der Waals surface area contributed by atoms with E-state index in [1.807, 2.05) is 0 Å². The lowest BCUT2D eigenvalue weighted by Gasteiger charge is -2.30. The average Bonchev–Trinajstić information content (AvgIpc) is 2.75. The molecule has 24 heavy (non-hydrogen) atoms. The molecular formula is C18H21FO5. The fourth-order valence-electron chi connectivity index (χ4n) is 3.34. The molecule has 0 bridgehead atoms. The molecule has 6 heteroatoms. The van der Waals surface area contributed by atoms with Crippen LogP contribution in [-0.2, 0) is 19.1 Å². The summed E-state index contributed by atoms with van der Waals surface area (Å²) in [6.07, 6.45) is 0. The Morgan fingerprint density at radius 1 is 1.29 bits per heavy atom. The first kappa shape index (κ1) is 18.1. The Morgan fingerprint density at radius 2 is 1.88 bits per heavy atom. The van der Waals surface area contributed by atoms with Crippen LogP contribution in [0.1, 0.15) is 38.1 Å². The van der Waals surface area contributed by atoms with Crippen LogP contribution >= 0.6 is 0 Å². The zero-order valence-electron chi connectivity index (χ0n) is 14.2. The summed E-state index contributed by atoms with van der Waals surface area (Å²) in [6.45, 7) is 6.76. The number of halogens is 1. The van der Waals surface area contributed by atoms with Gasteiger partial charge >= 0.3 is 11.9 Å². The Morgan fingerprint density at radius 3 is 2.42 bits per heavy atom. The van der Waals surface area contributed by atoms with Crippen molar-refractivity contribution in [1.82, 2.24) is 0 Å². The quantitative estimate of drug-likeness (QED) is 0.470. The number of hydrogen-bond acceptors (Lipinski definition) is 5. The molecule has 2 rings (SSSR count). The van der Waals surface area contributed by atoms with Crippen molar-refractivity contribution in [2.45, 2.75) is 33.3 Å². The van der Waals surface area contributed by atoms with Gasteiger partial charge in [-0.1, -0.05) is 6.92 Å². The lowest BCUT2D eigenvalue weighted by molar-refractivity contribution is -0.157. The van der Waals surface area contributed by atoms with Gasteiger partial charge in [0.15, 0.2) is 11.7 Å². The maximum atomic E-state index is 13.0. The van der Waals surface area contributed by atoms with Crippen molar-refractivity contribution in [2.75, 3.05) is 6.61 Å². The third-order valence-electron chi connectivity index (χ3n) is 4.40. The third-order valence-corrected chi connectivity index (χ3v) is 4.40. The van der Waals surface area contributed by atoms with Gasteiger partial charge in [0.1, 0.15) is 11.4 Å². The van der Waals surface area contributed by atoms with Crippen LogP contribution in [0, 0.1) is 23.6 Å². The zero-order valence-corrected chi connectivity index (χ0v) is 14.2. The molecular weight excluding hydrogens is 315 g/mol. The molecule has 1 aromatic rings. The molecule has 1 aliphatic heterocycles. The number of esters is 2. The summed E-state index contributed by atoms with van der Waals surface area (Å²) in [5.74, 6) is -4.56. The van der Waals surface area contributed by atoms with Gasteiger partial charge in [0, 0.05) is 17.4 Å². The predicted molar refractivity (Wildman–Crippen MR) is 83.7 cm³/mol. The van der Waals surface area contributed by atoms with Crippen LogP contribution in [0.5, 0.6) is 0 Å². The largest absolute Gasteiger partial charge is 0.465 e. The fraction of sp³-hybridized carbons (Fsp3) is 0.500. The van der Waals surface area contributed by atoms with Crippen LogP contribution in [0.3, 0.4) is 0 Å². The second-order valence-corrected chi connectivity index (χ2v) is 6.44. The van der Waals surface area contributed by atoms with Crippen LogP contribution in [-0.4, -0.2) is 29.9 Å². The summed E-state index contributed by atoms with van der Waals surface area (Å²) in [4.78, 5) is 37.0. The summed E-state index contributed by atoms with van der Waals surface area (Å²) >= 11 is 0. The Hall–Kier alpha value is -2.24. The first-order chi connectivity index (χ1) is 11.2. The third kappa shape index (κ3) is 3.32. The van der Waals surface area contributed by atoms with E-state index in [0.29, 0.717) is 5.56 Å². The normalized spacial score (nSPS) is 23.5. The number of hydrogen-bond donors (Lipinski definition) is 0. The van der Waals surface area contributed by atoms with E-state index in [4.69, 9.17) is 9.47 Å². The Kier molecular flexibility index (Phi) is 5.06. The first-order valence-corrected chi connectivity index (χ1v) is 7.88. The standard InChI is InChI=1S/C18H21FO5/c1-5-23-16(21)13-14(18(3,4)24-17(13)22)10(2)15(20)11-6-8-12(19)9-7-11/h6-10,13-14H,5H2,1-4H3/t10-,13+,14+/m0/s1. The smallest absolute Gasteiger partial charge is 0.321 e. The van der Waals surface area contributed by atoms with E-state index in [2.05, 4.69) is 0 Å². The fourth-order valence-corrected chi connectivity index (χ4v) is 3.34. The van der Waals surface area contributed by atoms with Crippen molar-refractivity contribution in [2.24, 2.45) is 17.8 Å². The number of cyclic esters (lactones) is 1. The second kappa shape index (κ2) is 6.71. The molecule has 1 fully saturated rings.